The molecule has 3 rings (SSSR count). The molecule has 98 valence electrons. The van der Waals surface area contributed by atoms with Gasteiger partial charge in [0.05, 0.1) is 11.9 Å². The lowest BCUT2D eigenvalue weighted by molar-refractivity contribution is -0.600. The van der Waals surface area contributed by atoms with Gasteiger partial charge in [-0.1, -0.05) is 24.3 Å². The van der Waals surface area contributed by atoms with E-state index < -0.39 is 0 Å². The quantitative estimate of drug-likeness (QED) is 0.509. The zero-order valence-electron chi connectivity index (χ0n) is 11.7. The molecule has 0 spiro atoms. The van der Waals surface area contributed by atoms with Crippen LogP contribution in [0.4, 0.5) is 0 Å². The zero-order valence-corrected chi connectivity index (χ0v) is 11.7. The lowest BCUT2D eigenvalue weighted by Gasteiger charge is -2.12. The van der Waals surface area contributed by atoms with E-state index >= 15 is 0 Å². The molecule has 0 fully saturated rings. The predicted octanol–water partition coefficient (Wildman–Crippen LogP) is 3.44. The second-order valence-electron chi connectivity index (χ2n) is 4.87. The first-order valence-corrected chi connectivity index (χ1v) is 6.67. The first-order chi connectivity index (χ1) is 9.75. The molecule has 1 aromatic carbocycles. The molecule has 0 saturated carbocycles. The Morgan fingerprint density at radius 2 is 1.90 bits per heavy atom. The Kier molecular flexibility index (Phi) is 3.30. The smallest absolute Gasteiger partial charge is 0.152 e. The highest BCUT2D eigenvalue weighted by Gasteiger charge is 2.09. The van der Waals surface area contributed by atoms with Crippen molar-refractivity contribution in [2.75, 3.05) is 0 Å². The van der Waals surface area contributed by atoms with Crippen molar-refractivity contribution in [3.05, 3.63) is 78.2 Å². The highest BCUT2D eigenvalue weighted by molar-refractivity contribution is 5.66. The number of pyridine rings is 2. The van der Waals surface area contributed by atoms with Crippen LogP contribution in [-0.2, 0) is 0 Å². The van der Waals surface area contributed by atoms with Crippen molar-refractivity contribution < 1.29 is 4.57 Å². The highest BCUT2D eigenvalue weighted by atomic mass is 14.9. The van der Waals surface area contributed by atoms with Gasteiger partial charge in [-0.3, -0.25) is 9.55 Å². The van der Waals surface area contributed by atoms with Crippen LogP contribution in [0.5, 0.6) is 0 Å². The van der Waals surface area contributed by atoms with Gasteiger partial charge >= 0.3 is 0 Å². The Hall–Kier alpha value is -2.48. The van der Waals surface area contributed by atoms with Gasteiger partial charge < -0.3 is 0 Å². The van der Waals surface area contributed by atoms with Gasteiger partial charge in [-0.05, 0) is 43.2 Å². The molecule has 2 aromatic heterocycles. The van der Waals surface area contributed by atoms with Gasteiger partial charge in [-0.25, -0.2) is 0 Å². The van der Waals surface area contributed by atoms with E-state index in [1.807, 2.05) is 53.4 Å². The molecular formula is C18H16N2. The maximum Gasteiger partial charge on any atom is 0.152 e. The summed E-state index contributed by atoms with van der Waals surface area (Å²) < 4.78 is 2.02. The van der Waals surface area contributed by atoms with Gasteiger partial charge in [0.15, 0.2) is 6.20 Å². The van der Waals surface area contributed by atoms with E-state index in [0.29, 0.717) is 0 Å². The predicted molar refractivity (Wildman–Crippen MR) is 79.5 cm³/mol. The Balaban J connectivity index is 2.19. The van der Waals surface area contributed by atoms with Crippen LogP contribution >= 0.6 is 0 Å². The van der Waals surface area contributed by atoms with E-state index in [1.54, 1.807) is 0 Å². The van der Waals surface area contributed by atoms with Crippen LogP contribution in [0.2, 0.25) is 0 Å². The van der Waals surface area contributed by atoms with Crippen LogP contribution in [-0.4, -0.2) is 4.98 Å². The van der Waals surface area contributed by atoms with E-state index in [-0.39, 0.29) is 0 Å². The van der Waals surface area contributed by atoms with Crippen LogP contribution in [0.25, 0.3) is 16.9 Å². The summed E-state index contributed by atoms with van der Waals surface area (Å²) in [5.74, 6) is 0. The molecule has 0 aliphatic carbocycles. The number of nitrogens with zero attached hydrogens (tertiary/aromatic N) is 2. The summed E-state index contributed by atoms with van der Waals surface area (Å²) in [5, 5.41) is 0. The maximum absolute atomic E-state index is 4.45. The molecule has 0 bridgehead atoms. The number of aromatic nitrogens is 2. The Morgan fingerprint density at radius 1 is 1.00 bits per heavy atom. The van der Waals surface area contributed by atoms with Crippen molar-refractivity contribution in [3.8, 4) is 16.9 Å². The Morgan fingerprint density at radius 3 is 2.60 bits per heavy atom. The molecule has 2 heterocycles. The molecule has 0 radical (unpaired) electrons. The Labute approximate surface area is 119 Å². The van der Waals surface area contributed by atoms with Gasteiger partial charge in [0, 0.05) is 11.8 Å². The monoisotopic (exact) mass is 260 g/mol. The SMILES string of the molecule is Cc1cc(C)c(-[n+]2[c-]cccc2)cc1-c1ccccn1. The van der Waals surface area contributed by atoms with Crippen LogP contribution in [0.1, 0.15) is 11.1 Å². The molecule has 3 aromatic rings. The zero-order chi connectivity index (χ0) is 13.9. The van der Waals surface area contributed by atoms with E-state index in [9.17, 15) is 0 Å². The van der Waals surface area contributed by atoms with E-state index in [1.165, 1.54) is 11.1 Å². The number of benzene rings is 1. The van der Waals surface area contributed by atoms with Crippen LogP contribution in [0.3, 0.4) is 0 Å². The van der Waals surface area contributed by atoms with Crippen LogP contribution in [0, 0.1) is 20.0 Å². The van der Waals surface area contributed by atoms with Crippen molar-refractivity contribution in [2.45, 2.75) is 13.8 Å². The fraction of sp³-hybridized carbons (Fsp3) is 0.111. The molecule has 0 unspecified atom stereocenters. The minimum Gasteiger partial charge on any atom is -0.285 e. The third-order valence-corrected chi connectivity index (χ3v) is 3.40. The first kappa shape index (κ1) is 12.5. The van der Waals surface area contributed by atoms with Crippen molar-refractivity contribution in [2.24, 2.45) is 0 Å². The summed E-state index contributed by atoms with van der Waals surface area (Å²) in [6.07, 6.45) is 7.06. The summed E-state index contributed by atoms with van der Waals surface area (Å²) in [4.78, 5) is 4.45. The largest absolute Gasteiger partial charge is 0.285 e. The Bertz CT molecular complexity index is 658. The molecule has 0 amide bonds. The second-order valence-corrected chi connectivity index (χ2v) is 4.87. The molecule has 2 heteroatoms. The van der Waals surface area contributed by atoms with Gasteiger partial charge in [0.25, 0.3) is 0 Å². The van der Waals surface area contributed by atoms with Crippen molar-refractivity contribution in [3.63, 3.8) is 0 Å². The minimum atomic E-state index is 1.00. The lowest BCUT2D eigenvalue weighted by atomic mass is 10.0. The summed E-state index contributed by atoms with van der Waals surface area (Å²) in [7, 11) is 0. The molecule has 0 atom stereocenters. The van der Waals surface area contributed by atoms with Crippen LogP contribution in [0.15, 0.2) is 60.9 Å². The van der Waals surface area contributed by atoms with E-state index in [2.05, 4.69) is 37.2 Å². The van der Waals surface area contributed by atoms with Crippen molar-refractivity contribution >= 4 is 0 Å². The third kappa shape index (κ3) is 2.32. The number of rotatable bonds is 2. The maximum atomic E-state index is 4.45. The molecular weight excluding hydrogens is 244 g/mol. The average molecular weight is 260 g/mol. The second kappa shape index (κ2) is 5.25. The summed E-state index contributed by atoms with van der Waals surface area (Å²) in [6.45, 7) is 4.25. The van der Waals surface area contributed by atoms with E-state index in [4.69, 9.17) is 0 Å². The molecule has 0 aliphatic heterocycles. The normalized spacial score (nSPS) is 10.5. The molecule has 0 saturated heterocycles. The minimum absolute atomic E-state index is 1.00. The fourth-order valence-electron chi connectivity index (χ4n) is 2.41. The standard InChI is InChI=1S/C18H16N2/c1-14-12-15(2)18(20-10-6-3-7-11-20)13-16(14)17-8-4-5-9-19-17/h3-10,12-13H,1-2H3. The lowest BCUT2D eigenvalue weighted by Crippen LogP contribution is -2.30. The topological polar surface area (TPSA) is 16.8 Å². The molecule has 0 N–H and O–H groups in total. The number of hydrogen-bond donors (Lipinski definition) is 0. The molecule has 0 aliphatic rings. The third-order valence-electron chi connectivity index (χ3n) is 3.40. The van der Waals surface area contributed by atoms with Gasteiger partial charge in [-0.15, -0.1) is 6.07 Å². The summed E-state index contributed by atoms with van der Waals surface area (Å²) in [5.41, 5.74) is 5.77. The number of hydrogen-bond acceptors (Lipinski definition) is 1. The highest BCUT2D eigenvalue weighted by Crippen LogP contribution is 2.24. The summed E-state index contributed by atoms with van der Waals surface area (Å²) >= 11 is 0. The fourth-order valence-corrected chi connectivity index (χ4v) is 2.41. The molecule has 20 heavy (non-hydrogen) atoms. The summed E-state index contributed by atoms with van der Waals surface area (Å²) in [6, 6.07) is 16.3. The van der Waals surface area contributed by atoms with Crippen molar-refractivity contribution in [1.29, 1.82) is 0 Å². The van der Waals surface area contributed by atoms with Gasteiger partial charge in [0.2, 0.25) is 0 Å². The average Bonchev–Trinajstić information content (AvgIpc) is 2.49. The van der Waals surface area contributed by atoms with E-state index in [0.717, 1.165) is 16.9 Å². The van der Waals surface area contributed by atoms with Crippen molar-refractivity contribution in [1.82, 2.24) is 4.98 Å². The van der Waals surface area contributed by atoms with Crippen LogP contribution < -0.4 is 4.57 Å². The first-order valence-electron chi connectivity index (χ1n) is 6.67. The van der Waals surface area contributed by atoms with Gasteiger partial charge in [-0.2, -0.15) is 0 Å². The van der Waals surface area contributed by atoms with Gasteiger partial charge in [0.1, 0.15) is 5.69 Å². The number of aryl methyl sites for hydroxylation is 2. The molecule has 2 nitrogen and oxygen atoms in total.